The molecule has 2 fully saturated rings. The average Bonchev–Trinajstić information content (AvgIpc) is 3.03. The second-order valence-electron chi connectivity index (χ2n) is 6.59. The predicted molar refractivity (Wildman–Crippen MR) is 80.9 cm³/mol. The van der Waals surface area contributed by atoms with Crippen molar-refractivity contribution in [3.8, 4) is 0 Å². The van der Waals surface area contributed by atoms with E-state index in [-0.39, 0.29) is 5.91 Å². The normalized spacial score (nSPS) is 27.8. The van der Waals surface area contributed by atoms with Crippen molar-refractivity contribution in [3.63, 3.8) is 0 Å². The molecular formula is C17H24N2O. The van der Waals surface area contributed by atoms with Crippen LogP contribution in [0.2, 0.25) is 0 Å². The highest BCUT2D eigenvalue weighted by Gasteiger charge is 2.40. The van der Waals surface area contributed by atoms with Crippen LogP contribution in [0.4, 0.5) is 5.69 Å². The zero-order valence-corrected chi connectivity index (χ0v) is 12.2. The van der Waals surface area contributed by atoms with E-state index in [1.54, 1.807) is 0 Å². The Kier molecular flexibility index (Phi) is 3.68. The minimum absolute atomic E-state index is 0.269. The number of nitrogens with zero attached hydrogens (tertiary/aromatic N) is 1. The Balaban J connectivity index is 1.56. The fourth-order valence-corrected chi connectivity index (χ4v) is 4.03. The molecule has 0 radical (unpaired) electrons. The minimum atomic E-state index is 0.269. The van der Waals surface area contributed by atoms with Crippen LogP contribution in [-0.4, -0.2) is 17.9 Å². The van der Waals surface area contributed by atoms with Gasteiger partial charge in [0.05, 0.1) is 0 Å². The number of hydrogen-bond donors (Lipinski definition) is 1. The smallest absolute Gasteiger partial charge is 0.222 e. The van der Waals surface area contributed by atoms with Gasteiger partial charge >= 0.3 is 0 Å². The van der Waals surface area contributed by atoms with Crippen LogP contribution >= 0.6 is 0 Å². The Morgan fingerprint density at radius 2 is 2.10 bits per heavy atom. The third-order valence-corrected chi connectivity index (χ3v) is 5.21. The first-order chi connectivity index (χ1) is 9.63. The van der Waals surface area contributed by atoms with Gasteiger partial charge in [0.15, 0.2) is 0 Å². The summed E-state index contributed by atoms with van der Waals surface area (Å²) in [5.74, 6) is 2.63. The SMILES string of the molecule is CN(Cc1ccccc1N)C(=O)CC1CC2CCC1C2. The van der Waals surface area contributed by atoms with Crippen LogP contribution in [0, 0.1) is 17.8 Å². The lowest BCUT2D eigenvalue weighted by Crippen LogP contribution is -2.29. The molecule has 1 aromatic rings. The van der Waals surface area contributed by atoms with Gasteiger partial charge in [0, 0.05) is 25.7 Å². The number of anilines is 1. The zero-order chi connectivity index (χ0) is 14.1. The molecule has 0 heterocycles. The largest absolute Gasteiger partial charge is 0.398 e. The monoisotopic (exact) mass is 272 g/mol. The standard InChI is InChI=1S/C17H24N2O/c1-19(11-14-4-2-3-5-16(14)18)17(20)10-15-9-12-6-7-13(15)8-12/h2-5,12-13,15H,6-11,18H2,1H3. The Morgan fingerprint density at radius 1 is 1.30 bits per heavy atom. The molecule has 1 amide bonds. The third kappa shape index (κ3) is 2.67. The summed E-state index contributed by atoms with van der Waals surface area (Å²) in [5, 5.41) is 0. The number of benzene rings is 1. The molecule has 3 atom stereocenters. The van der Waals surface area contributed by atoms with Crippen LogP contribution in [0.5, 0.6) is 0 Å². The van der Waals surface area contributed by atoms with Gasteiger partial charge in [0.2, 0.25) is 5.91 Å². The summed E-state index contributed by atoms with van der Waals surface area (Å²) in [6.07, 6.45) is 6.11. The second-order valence-corrected chi connectivity index (χ2v) is 6.59. The highest BCUT2D eigenvalue weighted by atomic mass is 16.2. The first-order valence-corrected chi connectivity index (χ1v) is 7.71. The molecule has 2 aliphatic carbocycles. The summed E-state index contributed by atoms with van der Waals surface area (Å²) in [4.78, 5) is 14.2. The topological polar surface area (TPSA) is 46.3 Å². The van der Waals surface area contributed by atoms with Gasteiger partial charge in [-0.25, -0.2) is 0 Å². The number of rotatable bonds is 4. The van der Waals surface area contributed by atoms with Crippen molar-refractivity contribution in [2.24, 2.45) is 17.8 Å². The van der Waals surface area contributed by atoms with Crippen LogP contribution < -0.4 is 5.73 Å². The minimum Gasteiger partial charge on any atom is -0.398 e. The molecule has 2 aliphatic rings. The lowest BCUT2D eigenvalue weighted by atomic mass is 9.86. The number of fused-ring (bicyclic) bond motifs is 2. The van der Waals surface area contributed by atoms with Crippen LogP contribution in [-0.2, 0) is 11.3 Å². The summed E-state index contributed by atoms with van der Waals surface area (Å²) in [5.41, 5.74) is 7.75. The summed E-state index contributed by atoms with van der Waals surface area (Å²) < 4.78 is 0. The zero-order valence-electron chi connectivity index (χ0n) is 12.2. The molecule has 108 valence electrons. The maximum atomic E-state index is 12.4. The van der Waals surface area contributed by atoms with Gasteiger partial charge in [0.25, 0.3) is 0 Å². The van der Waals surface area contributed by atoms with Crippen molar-refractivity contribution < 1.29 is 4.79 Å². The number of nitrogen functional groups attached to an aromatic ring is 1. The predicted octanol–water partition coefficient (Wildman–Crippen LogP) is 3.05. The van der Waals surface area contributed by atoms with Gasteiger partial charge in [-0.3, -0.25) is 4.79 Å². The number of carbonyl (C=O) groups is 1. The van der Waals surface area contributed by atoms with E-state index < -0.39 is 0 Å². The number of hydrogen-bond acceptors (Lipinski definition) is 2. The second kappa shape index (κ2) is 5.47. The van der Waals surface area contributed by atoms with E-state index in [2.05, 4.69) is 0 Å². The fourth-order valence-electron chi connectivity index (χ4n) is 4.03. The fraction of sp³-hybridized carbons (Fsp3) is 0.588. The molecular weight excluding hydrogens is 248 g/mol. The van der Waals surface area contributed by atoms with E-state index in [0.29, 0.717) is 12.5 Å². The summed E-state index contributed by atoms with van der Waals surface area (Å²) in [6, 6.07) is 7.79. The summed E-state index contributed by atoms with van der Waals surface area (Å²) >= 11 is 0. The lowest BCUT2D eigenvalue weighted by molar-refractivity contribution is -0.131. The molecule has 0 aliphatic heterocycles. The van der Waals surface area contributed by atoms with Crippen molar-refractivity contribution in [1.29, 1.82) is 0 Å². The highest BCUT2D eigenvalue weighted by molar-refractivity contribution is 5.76. The van der Waals surface area contributed by atoms with Crippen molar-refractivity contribution in [2.45, 2.75) is 38.6 Å². The third-order valence-electron chi connectivity index (χ3n) is 5.21. The van der Waals surface area contributed by atoms with E-state index in [9.17, 15) is 4.79 Å². The molecule has 3 rings (SSSR count). The molecule has 1 aromatic carbocycles. The number of amides is 1. The van der Waals surface area contributed by atoms with Crippen LogP contribution in [0.3, 0.4) is 0 Å². The maximum Gasteiger partial charge on any atom is 0.222 e. The van der Waals surface area contributed by atoms with Gasteiger partial charge in [-0.15, -0.1) is 0 Å². The van der Waals surface area contributed by atoms with Crippen molar-refractivity contribution in [1.82, 2.24) is 4.90 Å². The average molecular weight is 272 g/mol. The van der Waals surface area contributed by atoms with Crippen LogP contribution in [0.15, 0.2) is 24.3 Å². The number of carbonyl (C=O) groups excluding carboxylic acids is 1. The van der Waals surface area contributed by atoms with E-state index in [0.717, 1.165) is 29.5 Å². The molecule has 3 nitrogen and oxygen atoms in total. The Morgan fingerprint density at radius 3 is 2.75 bits per heavy atom. The maximum absolute atomic E-state index is 12.4. The molecule has 3 heteroatoms. The molecule has 0 spiro atoms. The summed E-state index contributed by atoms with van der Waals surface area (Å²) in [7, 11) is 1.89. The van der Waals surface area contributed by atoms with Gasteiger partial charge in [-0.1, -0.05) is 24.6 Å². The van der Waals surface area contributed by atoms with E-state index in [1.165, 1.54) is 25.7 Å². The quantitative estimate of drug-likeness (QED) is 0.856. The molecule has 0 saturated heterocycles. The highest BCUT2D eigenvalue weighted by Crippen LogP contribution is 2.49. The Hall–Kier alpha value is -1.51. The summed E-state index contributed by atoms with van der Waals surface area (Å²) in [6.45, 7) is 0.617. The van der Waals surface area contributed by atoms with E-state index >= 15 is 0 Å². The molecule has 2 bridgehead atoms. The number of nitrogens with two attached hydrogens (primary N) is 1. The van der Waals surface area contributed by atoms with Crippen LogP contribution in [0.25, 0.3) is 0 Å². The Bertz CT molecular complexity index is 500. The van der Waals surface area contributed by atoms with Gasteiger partial charge < -0.3 is 10.6 Å². The van der Waals surface area contributed by atoms with E-state index in [4.69, 9.17) is 5.73 Å². The molecule has 0 aromatic heterocycles. The van der Waals surface area contributed by atoms with Crippen molar-refractivity contribution in [3.05, 3.63) is 29.8 Å². The van der Waals surface area contributed by atoms with Crippen molar-refractivity contribution in [2.75, 3.05) is 12.8 Å². The van der Waals surface area contributed by atoms with Crippen molar-refractivity contribution >= 4 is 11.6 Å². The first kappa shape index (κ1) is 13.5. The lowest BCUT2D eigenvalue weighted by Gasteiger charge is -2.24. The molecule has 2 saturated carbocycles. The van der Waals surface area contributed by atoms with Crippen LogP contribution in [0.1, 0.15) is 37.7 Å². The van der Waals surface area contributed by atoms with E-state index in [1.807, 2.05) is 36.2 Å². The van der Waals surface area contributed by atoms with Gasteiger partial charge in [0.1, 0.15) is 0 Å². The Labute approximate surface area is 121 Å². The first-order valence-electron chi connectivity index (χ1n) is 7.71. The molecule has 2 N–H and O–H groups in total. The number of para-hydroxylation sites is 1. The van der Waals surface area contributed by atoms with Gasteiger partial charge in [-0.2, -0.15) is 0 Å². The molecule has 20 heavy (non-hydrogen) atoms. The molecule has 3 unspecified atom stereocenters. The van der Waals surface area contributed by atoms with Gasteiger partial charge in [-0.05, 0) is 48.6 Å².